The summed E-state index contributed by atoms with van der Waals surface area (Å²) in [7, 11) is 0. The van der Waals surface area contributed by atoms with E-state index < -0.39 is 0 Å². The summed E-state index contributed by atoms with van der Waals surface area (Å²) in [6.45, 7) is 1.70. The summed E-state index contributed by atoms with van der Waals surface area (Å²) < 4.78 is 6.87. The highest BCUT2D eigenvalue weighted by molar-refractivity contribution is 9.10. The van der Waals surface area contributed by atoms with Gasteiger partial charge in [-0.15, -0.1) is 0 Å². The molecular formula is C15H22BrNO. The second-order valence-corrected chi connectivity index (χ2v) is 5.96. The standard InChI is InChI=1S/C15H22BrNO/c16-15-6-2-1-4-13(15)10-12(11-17)7-8-14-5-3-9-18-14/h1-2,4,6,12,14H,3,5,7-11,17H2. The van der Waals surface area contributed by atoms with E-state index in [4.69, 9.17) is 10.5 Å². The van der Waals surface area contributed by atoms with Crippen LogP contribution in [-0.2, 0) is 11.2 Å². The number of rotatable bonds is 6. The maximum absolute atomic E-state index is 5.90. The molecule has 0 saturated carbocycles. The number of ether oxygens (including phenoxy) is 1. The van der Waals surface area contributed by atoms with Crippen molar-refractivity contribution in [2.45, 2.75) is 38.2 Å². The molecule has 0 aromatic heterocycles. The third-order valence-corrected chi connectivity index (χ3v) is 4.49. The lowest BCUT2D eigenvalue weighted by Crippen LogP contribution is -2.19. The Balaban J connectivity index is 1.83. The van der Waals surface area contributed by atoms with Crippen molar-refractivity contribution in [3.63, 3.8) is 0 Å². The first-order chi connectivity index (χ1) is 8.79. The fourth-order valence-corrected chi connectivity index (χ4v) is 3.02. The van der Waals surface area contributed by atoms with Gasteiger partial charge in [-0.05, 0) is 56.2 Å². The van der Waals surface area contributed by atoms with Crippen LogP contribution in [0.4, 0.5) is 0 Å². The van der Waals surface area contributed by atoms with Crippen LogP contribution in [0, 0.1) is 5.92 Å². The Labute approximate surface area is 118 Å². The van der Waals surface area contributed by atoms with Crippen molar-refractivity contribution in [3.8, 4) is 0 Å². The Morgan fingerprint density at radius 1 is 1.39 bits per heavy atom. The lowest BCUT2D eigenvalue weighted by atomic mass is 9.93. The van der Waals surface area contributed by atoms with Crippen LogP contribution in [-0.4, -0.2) is 19.3 Å². The minimum absolute atomic E-state index is 0.485. The van der Waals surface area contributed by atoms with Crippen LogP contribution in [0.3, 0.4) is 0 Å². The van der Waals surface area contributed by atoms with Crippen molar-refractivity contribution in [3.05, 3.63) is 34.3 Å². The van der Waals surface area contributed by atoms with Crippen molar-refractivity contribution in [2.24, 2.45) is 11.7 Å². The van der Waals surface area contributed by atoms with Crippen molar-refractivity contribution in [1.82, 2.24) is 0 Å². The van der Waals surface area contributed by atoms with Crippen LogP contribution in [0.2, 0.25) is 0 Å². The van der Waals surface area contributed by atoms with E-state index in [1.54, 1.807) is 0 Å². The molecule has 18 heavy (non-hydrogen) atoms. The highest BCUT2D eigenvalue weighted by Gasteiger charge is 2.18. The second kappa shape index (κ2) is 7.27. The zero-order valence-corrected chi connectivity index (χ0v) is 12.4. The molecule has 1 aliphatic heterocycles. The van der Waals surface area contributed by atoms with Crippen LogP contribution in [0.25, 0.3) is 0 Å². The van der Waals surface area contributed by atoms with Gasteiger partial charge in [0.25, 0.3) is 0 Å². The lowest BCUT2D eigenvalue weighted by Gasteiger charge is -2.17. The van der Waals surface area contributed by atoms with Crippen molar-refractivity contribution >= 4 is 15.9 Å². The molecule has 1 saturated heterocycles. The number of nitrogens with two attached hydrogens (primary N) is 1. The summed E-state index contributed by atoms with van der Waals surface area (Å²) in [4.78, 5) is 0. The summed E-state index contributed by atoms with van der Waals surface area (Å²) in [6, 6.07) is 8.42. The van der Waals surface area contributed by atoms with E-state index >= 15 is 0 Å². The zero-order chi connectivity index (χ0) is 12.8. The Morgan fingerprint density at radius 2 is 2.22 bits per heavy atom. The van der Waals surface area contributed by atoms with E-state index in [-0.39, 0.29) is 0 Å². The summed E-state index contributed by atoms with van der Waals surface area (Å²) in [5.41, 5.74) is 7.26. The minimum Gasteiger partial charge on any atom is -0.378 e. The minimum atomic E-state index is 0.485. The smallest absolute Gasteiger partial charge is 0.0576 e. The van der Waals surface area contributed by atoms with Gasteiger partial charge in [0.1, 0.15) is 0 Å². The van der Waals surface area contributed by atoms with Gasteiger partial charge in [0.2, 0.25) is 0 Å². The van der Waals surface area contributed by atoms with Gasteiger partial charge in [-0.3, -0.25) is 0 Å². The monoisotopic (exact) mass is 311 g/mol. The normalized spacial score (nSPS) is 21.1. The zero-order valence-electron chi connectivity index (χ0n) is 10.8. The summed E-state index contributed by atoms with van der Waals surface area (Å²) in [5, 5.41) is 0. The Morgan fingerprint density at radius 3 is 2.89 bits per heavy atom. The Bertz CT molecular complexity index is 363. The largest absolute Gasteiger partial charge is 0.378 e. The van der Waals surface area contributed by atoms with E-state index in [1.807, 2.05) is 0 Å². The predicted octanol–water partition coefficient (Wildman–Crippen LogP) is 3.53. The molecule has 1 heterocycles. The molecule has 1 fully saturated rings. The number of hydrogen-bond acceptors (Lipinski definition) is 2. The van der Waals surface area contributed by atoms with Gasteiger partial charge in [0.15, 0.2) is 0 Å². The van der Waals surface area contributed by atoms with Gasteiger partial charge >= 0.3 is 0 Å². The molecule has 0 aliphatic carbocycles. The number of hydrogen-bond donors (Lipinski definition) is 1. The van der Waals surface area contributed by atoms with E-state index in [2.05, 4.69) is 40.2 Å². The van der Waals surface area contributed by atoms with Crippen LogP contribution in [0.5, 0.6) is 0 Å². The lowest BCUT2D eigenvalue weighted by molar-refractivity contribution is 0.0983. The van der Waals surface area contributed by atoms with Gasteiger partial charge in [0.05, 0.1) is 6.10 Å². The van der Waals surface area contributed by atoms with Crippen LogP contribution >= 0.6 is 15.9 Å². The van der Waals surface area contributed by atoms with Crippen molar-refractivity contribution in [2.75, 3.05) is 13.2 Å². The van der Waals surface area contributed by atoms with Crippen molar-refractivity contribution in [1.29, 1.82) is 0 Å². The average Bonchev–Trinajstić information content (AvgIpc) is 2.90. The van der Waals surface area contributed by atoms with Gasteiger partial charge in [0, 0.05) is 11.1 Å². The van der Waals surface area contributed by atoms with Gasteiger partial charge in [-0.25, -0.2) is 0 Å². The number of halogens is 1. The molecule has 3 heteroatoms. The molecule has 1 aromatic carbocycles. The SMILES string of the molecule is NCC(CCC1CCCO1)Cc1ccccc1Br. The molecule has 0 bridgehead atoms. The van der Waals surface area contributed by atoms with Gasteiger partial charge in [-0.2, -0.15) is 0 Å². The van der Waals surface area contributed by atoms with E-state index in [1.165, 1.54) is 29.3 Å². The predicted molar refractivity (Wildman–Crippen MR) is 78.6 cm³/mol. The third kappa shape index (κ3) is 4.08. The fraction of sp³-hybridized carbons (Fsp3) is 0.600. The topological polar surface area (TPSA) is 35.2 Å². The molecular weight excluding hydrogens is 290 g/mol. The molecule has 1 aliphatic rings. The average molecular weight is 312 g/mol. The molecule has 2 N–H and O–H groups in total. The molecule has 0 radical (unpaired) electrons. The Kier molecular flexibility index (Phi) is 5.67. The summed E-state index contributed by atoms with van der Waals surface area (Å²) in [6.07, 6.45) is 6.33. The summed E-state index contributed by atoms with van der Waals surface area (Å²) >= 11 is 3.61. The highest BCUT2D eigenvalue weighted by atomic mass is 79.9. The van der Waals surface area contributed by atoms with E-state index in [0.29, 0.717) is 12.0 Å². The first-order valence-electron chi connectivity index (χ1n) is 6.84. The van der Waals surface area contributed by atoms with Gasteiger partial charge in [-0.1, -0.05) is 34.1 Å². The molecule has 1 aromatic rings. The highest BCUT2D eigenvalue weighted by Crippen LogP contribution is 2.24. The number of benzene rings is 1. The third-order valence-electron chi connectivity index (χ3n) is 3.72. The molecule has 0 amide bonds. The molecule has 2 rings (SSSR count). The van der Waals surface area contributed by atoms with Crippen molar-refractivity contribution < 1.29 is 4.74 Å². The van der Waals surface area contributed by atoms with Crippen LogP contribution in [0.1, 0.15) is 31.2 Å². The molecule has 2 nitrogen and oxygen atoms in total. The Hall–Kier alpha value is -0.380. The molecule has 100 valence electrons. The maximum Gasteiger partial charge on any atom is 0.0576 e. The first-order valence-corrected chi connectivity index (χ1v) is 7.64. The molecule has 0 spiro atoms. The molecule has 2 atom stereocenters. The van der Waals surface area contributed by atoms with Crippen LogP contribution < -0.4 is 5.73 Å². The van der Waals surface area contributed by atoms with Gasteiger partial charge < -0.3 is 10.5 Å². The first kappa shape index (κ1) is 14.0. The fourth-order valence-electron chi connectivity index (χ4n) is 2.57. The maximum atomic E-state index is 5.90. The van der Waals surface area contributed by atoms with E-state index in [0.717, 1.165) is 26.0 Å². The van der Waals surface area contributed by atoms with Crippen LogP contribution in [0.15, 0.2) is 28.7 Å². The van der Waals surface area contributed by atoms with E-state index in [9.17, 15) is 0 Å². The second-order valence-electron chi connectivity index (χ2n) is 5.11. The quantitative estimate of drug-likeness (QED) is 0.872. The summed E-state index contributed by atoms with van der Waals surface area (Å²) in [5.74, 6) is 0.563. The molecule has 2 unspecified atom stereocenters.